The molecule has 0 radical (unpaired) electrons. The van der Waals surface area contributed by atoms with Crippen molar-refractivity contribution in [3.63, 3.8) is 0 Å². The molecule has 0 N–H and O–H groups in total. The van der Waals surface area contributed by atoms with Crippen LogP contribution in [0.3, 0.4) is 0 Å². The number of benzene rings is 2. The van der Waals surface area contributed by atoms with Crippen molar-refractivity contribution < 1.29 is 13.2 Å². The molecule has 0 spiro atoms. The van der Waals surface area contributed by atoms with Gasteiger partial charge in [0.1, 0.15) is 5.75 Å². The highest BCUT2D eigenvalue weighted by atomic mass is 32.2. The number of rotatable bonds is 8. The summed E-state index contributed by atoms with van der Waals surface area (Å²) in [5.41, 5.74) is 0.845. The van der Waals surface area contributed by atoms with E-state index in [4.69, 9.17) is 4.74 Å². The molecule has 0 aliphatic carbocycles. The normalized spacial score (nSPS) is 11.2. The van der Waals surface area contributed by atoms with Gasteiger partial charge in [-0.2, -0.15) is 0 Å². The van der Waals surface area contributed by atoms with Crippen molar-refractivity contribution in [2.24, 2.45) is 0 Å². The van der Waals surface area contributed by atoms with Gasteiger partial charge >= 0.3 is 0 Å². The SMILES string of the molecule is O=S(=O)(CCCCOc1ccccc1)Cc1ccccc1. The summed E-state index contributed by atoms with van der Waals surface area (Å²) in [6.07, 6.45) is 1.37. The zero-order valence-corrected chi connectivity index (χ0v) is 12.8. The molecular formula is C17H20O3S. The van der Waals surface area contributed by atoms with E-state index < -0.39 is 9.84 Å². The zero-order valence-electron chi connectivity index (χ0n) is 11.9. The summed E-state index contributed by atoms with van der Waals surface area (Å²) in [4.78, 5) is 0. The predicted molar refractivity (Wildman–Crippen MR) is 85.1 cm³/mol. The Hall–Kier alpha value is -1.81. The second-order valence-corrected chi connectivity index (χ2v) is 7.13. The van der Waals surface area contributed by atoms with Crippen LogP contribution in [0.1, 0.15) is 18.4 Å². The monoisotopic (exact) mass is 304 g/mol. The average molecular weight is 304 g/mol. The lowest BCUT2D eigenvalue weighted by Crippen LogP contribution is -2.10. The number of ether oxygens (including phenoxy) is 1. The molecule has 0 saturated heterocycles. The van der Waals surface area contributed by atoms with Gasteiger partial charge in [-0.1, -0.05) is 48.5 Å². The molecule has 0 heterocycles. The van der Waals surface area contributed by atoms with E-state index in [1.807, 2.05) is 60.7 Å². The largest absolute Gasteiger partial charge is 0.494 e. The van der Waals surface area contributed by atoms with Crippen LogP contribution in [0.25, 0.3) is 0 Å². The van der Waals surface area contributed by atoms with Crippen LogP contribution >= 0.6 is 0 Å². The highest BCUT2D eigenvalue weighted by molar-refractivity contribution is 7.90. The highest BCUT2D eigenvalue weighted by Crippen LogP contribution is 2.10. The van der Waals surface area contributed by atoms with E-state index in [2.05, 4.69) is 0 Å². The highest BCUT2D eigenvalue weighted by Gasteiger charge is 2.11. The third kappa shape index (κ3) is 6.00. The molecule has 0 fully saturated rings. The Morgan fingerprint density at radius 2 is 1.43 bits per heavy atom. The topological polar surface area (TPSA) is 43.4 Å². The van der Waals surface area contributed by atoms with Gasteiger partial charge in [0, 0.05) is 0 Å². The molecule has 2 aromatic rings. The fourth-order valence-corrected chi connectivity index (χ4v) is 3.52. The number of unbranched alkanes of at least 4 members (excludes halogenated alkanes) is 1. The van der Waals surface area contributed by atoms with Crippen molar-refractivity contribution in [1.29, 1.82) is 0 Å². The van der Waals surface area contributed by atoms with E-state index in [-0.39, 0.29) is 11.5 Å². The van der Waals surface area contributed by atoms with Crippen molar-refractivity contribution in [1.82, 2.24) is 0 Å². The Kier molecular flexibility index (Phi) is 5.81. The standard InChI is InChI=1S/C17H20O3S/c18-21(19,15-16-9-3-1-4-10-16)14-8-7-13-20-17-11-5-2-6-12-17/h1-6,9-12H,7-8,13-15H2. The molecule has 3 nitrogen and oxygen atoms in total. The van der Waals surface area contributed by atoms with Gasteiger partial charge in [0.15, 0.2) is 9.84 Å². The molecule has 112 valence electrons. The van der Waals surface area contributed by atoms with Gasteiger partial charge in [-0.25, -0.2) is 8.42 Å². The van der Waals surface area contributed by atoms with E-state index in [0.717, 1.165) is 17.7 Å². The molecule has 0 aliphatic rings. The lowest BCUT2D eigenvalue weighted by Gasteiger charge is -2.07. The molecule has 0 aromatic heterocycles. The van der Waals surface area contributed by atoms with Gasteiger partial charge in [-0.05, 0) is 30.5 Å². The van der Waals surface area contributed by atoms with Gasteiger partial charge in [-0.3, -0.25) is 0 Å². The van der Waals surface area contributed by atoms with Crippen LogP contribution in [0.4, 0.5) is 0 Å². The van der Waals surface area contributed by atoms with E-state index in [0.29, 0.717) is 13.0 Å². The number of hydrogen-bond donors (Lipinski definition) is 0. The zero-order chi connectivity index (χ0) is 15.0. The molecule has 0 unspecified atom stereocenters. The summed E-state index contributed by atoms with van der Waals surface area (Å²) in [5, 5.41) is 0. The molecule has 0 amide bonds. The van der Waals surface area contributed by atoms with Crippen LogP contribution in [0.2, 0.25) is 0 Å². The smallest absolute Gasteiger partial charge is 0.154 e. The van der Waals surface area contributed by atoms with Gasteiger partial charge < -0.3 is 4.74 Å². The average Bonchev–Trinajstić information content (AvgIpc) is 2.48. The maximum absolute atomic E-state index is 12.0. The lowest BCUT2D eigenvalue weighted by molar-refractivity contribution is 0.309. The summed E-state index contributed by atoms with van der Waals surface area (Å²) < 4.78 is 29.5. The Labute approximate surface area is 126 Å². The quantitative estimate of drug-likeness (QED) is 0.701. The van der Waals surface area contributed by atoms with Crippen LogP contribution in [-0.2, 0) is 15.6 Å². The Balaban J connectivity index is 1.68. The van der Waals surface area contributed by atoms with Crippen molar-refractivity contribution in [2.45, 2.75) is 18.6 Å². The summed E-state index contributed by atoms with van der Waals surface area (Å²) in [5.74, 6) is 1.15. The molecule has 4 heteroatoms. The Morgan fingerprint density at radius 1 is 0.810 bits per heavy atom. The summed E-state index contributed by atoms with van der Waals surface area (Å²) in [6, 6.07) is 18.8. The Morgan fingerprint density at radius 3 is 2.10 bits per heavy atom. The summed E-state index contributed by atoms with van der Waals surface area (Å²) in [7, 11) is -3.04. The molecule has 0 bridgehead atoms. The minimum Gasteiger partial charge on any atom is -0.494 e. The first kappa shape index (κ1) is 15.6. The maximum atomic E-state index is 12.0. The summed E-state index contributed by atoms with van der Waals surface area (Å²) in [6.45, 7) is 0.546. The molecule has 2 aromatic carbocycles. The van der Waals surface area contributed by atoms with E-state index in [1.54, 1.807) is 0 Å². The first-order chi connectivity index (χ1) is 10.2. The van der Waals surface area contributed by atoms with E-state index >= 15 is 0 Å². The van der Waals surface area contributed by atoms with Gasteiger partial charge in [0.2, 0.25) is 0 Å². The van der Waals surface area contributed by atoms with Crippen LogP contribution < -0.4 is 4.74 Å². The molecular weight excluding hydrogens is 284 g/mol. The number of para-hydroxylation sites is 1. The van der Waals surface area contributed by atoms with Crippen LogP contribution in [0, 0.1) is 0 Å². The first-order valence-corrected chi connectivity index (χ1v) is 8.90. The number of sulfone groups is 1. The van der Waals surface area contributed by atoms with Crippen molar-refractivity contribution in [3.8, 4) is 5.75 Å². The van der Waals surface area contributed by atoms with Crippen molar-refractivity contribution in [3.05, 3.63) is 66.2 Å². The maximum Gasteiger partial charge on any atom is 0.154 e. The van der Waals surface area contributed by atoms with E-state index in [9.17, 15) is 8.42 Å². The number of hydrogen-bond acceptors (Lipinski definition) is 3. The second kappa shape index (κ2) is 7.84. The first-order valence-electron chi connectivity index (χ1n) is 7.08. The molecule has 21 heavy (non-hydrogen) atoms. The fraction of sp³-hybridized carbons (Fsp3) is 0.294. The predicted octanol–water partition coefficient (Wildman–Crippen LogP) is 3.46. The molecule has 0 saturated carbocycles. The molecule has 0 atom stereocenters. The van der Waals surface area contributed by atoms with Crippen molar-refractivity contribution >= 4 is 9.84 Å². The third-order valence-corrected chi connectivity index (χ3v) is 4.77. The summed E-state index contributed by atoms with van der Waals surface area (Å²) >= 11 is 0. The Bertz CT molecular complexity index is 622. The van der Waals surface area contributed by atoms with Crippen molar-refractivity contribution in [2.75, 3.05) is 12.4 Å². The van der Waals surface area contributed by atoms with Gasteiger partial charge in [-0.15, -0.1) is 0 Å². The van der Waals surface area contributed by atoms with Crippen LogP contribution in [-0.4, -0.2) is 20.8 Å². The minimum absolute atomic E-state index is 0.118. The van der Waals surface area contributed by atoms with Gasteiger partial charge in [0.05, 0.1) is 18.1 Å². The minimum atomic E-state index is -3.04. The second-order valence-electron chi connectivity index (χ2n) is 4.95. The van der Waals surface area contributed by atoms with E-state index in [1.165, 1.54) is 0 Å². The van der Waals surface area contributed by atoms with Crippen LogP contribution in [0.5, 0.6) is 5.75 Å². The fourth-order valence-electron chi connectivity index (χ4n) is 2.03. The molecule has 2 rings (SSSR count). The van der Waals surface area contributed by atoms with Crippen LogP contribution in [0.15, 0.2) is 60.7 Å². The van der Waals surface area contributed by atoms with Gasteiger partial charge in [0.25, 0.3) is 0 Å². The lowest BCUT2D eigenvalue weighted by atomic mass is 10.2. The molecule has 0 aliphatic heterocycles. The third-order valence-electron chi connectivity index (χ3n) is 3.09.